The van der Waals surface area contributed by atoms with E-state index in [9.17, 15) is 4.79 Å². The molecule has 106 valence electrons. The first-order valence-electron chi connectivity index (χ1n) is 7.31. The van der Waals surface area contributed by atoms with Gasteiger partial charge < -0.3 is 16.0 Å². The van der Waals surface area contributed by atoms with E-state index in [1.807, 2.05) is 0 Å². The second-order valence-electron chi connectivity index (χ2n) is 5.82. The summed E-state index contributed by atoms with van der Waals surface area (Å²) >= 11 is 0. The molecule has 1 aliphatic carbocycles. The Morgan fingerprint density at radius 3 is 2.56 bits per heavy atom. The fourth-order valence-corrected chi connectivity index (χ4v) is 2.29. The van der Waals surface area contributed by atoms with Crippen LogP contribution in [0.4, 0.5) is 0 Å². The van der Waals surface area contributed by atoms with E-state index >= 15 is 0 Å². The summed E-state index contributed by atoms with van der Waals surface area (Å²) in [6, 6.07) is 0.588. The van der Waals surface area contributed by atoms with Gasteiger partial charge >= 0.3 is 0 Å². The van der Waals surface area contributed by atoms with Crippen LogP contribution in [0.25, 0.3) is 0 Å². The zero-order valence-electron chi connectivity index (χ0n) is 12.1. The summed E-state index contributed by atoms with van der Waals surface area (Å²) in [5, 5.41) is 3.24. The van der Waals surface area contributed by atoms with Gasteiger partial charge in [0.1, 0.15) is 0 Å². The molecule has 0 saturated heterocycles. The molecule has 1 rings (SSSR count). The number of hydrogen-bond donors (Lipinski definition) is 2. The molecule has 1 aliphatic rings. The highest BCUT2D eigenvalue weighted by atomic mass is 16.1. The van der Waals surface area contributed by atoms with Crippen molar-refractivity contribution in [2.75, 3.05) is 19.6 Å². The van der Waals surface area contributed by atoms with Crippen molar-refractivity contribution in [1.82, 2.24) is 10.2 Å². The molecule has 0 aliphatic heterocycles. The number of carbonyl (C=O) groups is 1. The molecular weight excluding hydrogens is 226 g/mol. The number of amides is 1. The van der Waals surface area contributed by atoms with Gasteiger partial charge in [-0.25, -0.2) is 0 Å². The van der Waals surface area contributed by atoms with Gasteiger partial charge in [-0.05, 0) is 38.1 Å². The Hall–Kier alpha value is -0.610. The van der Waals surface area contributed by atoms with Gasteiger partial charge in [0.05, 0.1) is 6.04 Å². The Morgan fingerprint density at radius 1 is 1.44 bits per heavy atom. The summed E-state index contributed by atoms with van der Waals surface area (Å²) in [7, 11) is 0. The number of carbonyl (C=O) groups excluding carboxylic acids is 1. The number of primary amides is 1. The molecule has 0 bridgehead atoms. The van der Waals surface area contributed by atoms with Gasteiger partial charge in [0.15, 0.2) is 0 Å². The third-order valence-electron chi connectivity index (χ3n) is 3.35. The summed E-state index contributed by atoms with van der Waals surface area (Å²) in [6.45, 7) is 9.56. The largest absolute Gasteiger partial charge is 0.368 e. The van der Waals surface area contributed by atoms with E-state index in [0.717, 1.165) is 38.5 Å². The molecule has 1 atom stereocenters. The average molecular weight is 255 g/mol. The Morgan fingerprint density at radius 2 is 2.11 bits per heavy atom. The Labute approximate surface area is 111 Å². The van der Waals surface area contributed by atoms with Crippen LogP contribution in [0.1, 0.15) is 46.5 Å². The van der Waals surface area contributed by atoms with E-state index in [-0.39, 0.29) is 11.9 Å². The zero-order chi connectivity index (χ0) is 13.5. The number of nitrogens with zero attached hydrogens (tertiary/aromatic N) is 1. The molecule has 0 aromatic rings. The van der Waals surface area contributed by atoms with Crippen molar-refractivity contribution in [3.8, 4) is 0 Å². The first kappa shape index (κ1) is 15.4. The van der Waals surface area contributed by atoms with Crippen molar-refractivity contribution in [1.29, 1.82) is 0 Å². The minimum atomic E-state index is -0.219. The highest BCUT2D eigenvalue weighted by Gasteiger charge is 2.29. The predicted octanol–water partition coefficient (Wildman–Crippen LogP) is 1.35. The molecule has 0 aromatic heterocycles. The summed E-state index contributed by atoms with van der Waals surface area (Å²) in [5.74, 6) is 0.463. The molecule has 4 nitrogen and oxygen atoms in total. The van der Waals surface area contributed by atoms with Crippen molar-refractivity contribution in [2.45, 2.75) is 58.5 Å². The number of rotatable bonds is 10. The predicted molar refractivity (Wildman–Crippen MR) is 75.3 cm³/mol. The minimum absolute atomic E-state index is 0.168. The van der Waals surface area contributed by atoms with Gasteiger partial charge in [0.25, 0.3) is 0 Å². The monoisotopic (exact) mass is 255 g/mol. The quantitative estimate of drug-likeness (QED) is 0.619. The number of nitrogens with one attached hydrogen (secondary N) is 1. The molecule has 0 heterocycles. The fourth-order valence-electron chi connectivity index (χ4n) is 2.29. The lowest BCUT2D eigenvalue weighted by atomic mass is 10.1. The lowest BCUT2D eigenvalue weighted by molar-refractivity contribution is -0.120. The molecule has 0 spiro atoms. The van der Waals surface area contributed by atoms with E-state index in [4.69, 9.17) is 5.73 Å². The first-order valence-corrected chi connectivity index (χ1v) is 7.31. The third kappa shape index (κ3) is 5.83. The molecular formula is C14H29N3O. The van der Waals surface area contributed by atoms with Gasteiger partial charge in [0.2, 0.25) is 5.91 Å². The normalized spacial score (nSPS) is 17.4. The fraction of sp³-hybridized carbons (Fsp3) is 0.929. The number of hydrogen-bond acceptors (Lipinski definition) is 3. The standard InChI is InChI=1S/C14H29N3O/c1-4-8-16-13(14(15)18)7-9-17(10-11(2)3)12-5-6-12/h11-13,16H,4-10H2,1-3H3,(H2,15,18). The maximum atomic E-state index is 11.4. The zero-order valence-corrected chi connectivity index (χ0v) is 12.1. The van der Waals surface area contributed by atoms with Crippen LogP contribution >= 0.6 is 0 Å². The summed E-state index contributed by atoms with van der Waals surface area (Å²) in [6.07, 6.45) is 4.49. The highest BCUT2D eigenvalue weighted by molar-refractivity contribution is 5.79. The summed E-state index contributed by atoms with van der Waals surface area (Å²) in [5.41, 5.74) is 5.44. The third-order valence-corrected chi connectivity index (χ3v) is 3.35. The second-order valence-corrected chi connectivity index (χ2v) is 5.82. The Balaban J connectivity index is 2.35. The van der Waals surface area contributed by atoms with Gasteiger partial charge in [-0.2, -0.15) is 0 Å². The smallest absolute Gasteiger partial charge is 0.234 e. The topological polar surface area (TPSA) is 58.4 Å². The van der Waals surface area contributed by atoms with Gasteiger partial charge in [-0.1, -0.05) is 20.8 Å². The molecule has 0 radical (unpaired) electrons. The Kier molecular flexibility index (Phi) is 6.65. The summed E-state index contributed by atoms with van der Waals surface area (Å²) < 4.78 is 0. The first-order chi connectivity index (χ1) is 8.54. The van der Waals surface area contributed by atoms with E-state index in [2.05, 4.69) is 31.0 Å². The SMILES string of the molecule is CCCNC(CCN(CC(C)C)C1CC1)C(N)=O. The van der Waals surface area contributed by atoms with Crippen LogP contribution in [0.3, 0.4) is 0 Å². The van der Waals surface area contributed by atoms with Crippen LogP contribution in [0, 0.1) is 5.92 Å². The van der Waals surface area contributed by atoms with Crippen LogP contribution in [-0.2, 0) is 4.79 Å². The van der Waals surface area contributed by atoms with E-state index in [1.54, 1.807) is 0 Å². The lowest BCUT2D eigenvalue weighted by Gasteiger charge is -2.26. The second kappa shape index (κ2) is 7.74. The maximum absolute atomic E-state index is 11.4. The molecule has 1 saturated carbocycles. The molecule has 1 fully saturated rings. The van der Waals surface area contributed by atoms with Gasteiger partial charge in [-0.3, -0.25) is 4.79 Å². The summed E-state index contributed by atoms with van der Waals surface area (Å²) in [4.78, 5) is 13.9. The van der Waals surface area contributed by atoms with Crippen molar-refractivity contribution in [3.63, 3.8) is 0 Å². The lowest BCUT2D eigenvalue weighted by Crippen LogP contribution is -2.44. The van der Waals surface area contributed by atoms with Gasteiger partial charge in [-0.15, -0.1) is 0 Å². The maximum Gasteiger partial charge on any atom is 0.234 e. The van der Waals surface area contributed by atoms with Crippen molar-refractivity contribution >= 4 is 5.91 Å². The highest BCUT2D eigenvalue weighted by Crippen LogP contribution is 2.27. The molecule has 0 aromatic carbocycles. The van der Waals surface area contributed by atoms with Crippen LogP contribution in [0.15, 0.2) is 0 Å². The minimum Gasteiger partial charge on any atom is -0.368 e. The molecule has 3 N–H and O–H groups in total. The van der Waals surface area contributed by atoms with E-state index in [1.165, 1.54) is 12.8 Å². The van der Waals surface area contributed by atoms with Crippen LogP contribution in [0.2, 0.25) is 0 Å². The van der Waals surface area contributed by atoms with Crippen LogP contribution < -0.4 is 11.1 Å². The van der Waals surface area contributed by atoms with Crippen molar-refractivity contribution in [3.05, 3.63) is 0 Å². The molecule has 18 heavy (non-hydrogen) atoms. The van der Waals surface area contributed by atoms with Crippen molar-refractivity contribution in [2.24, 2.45) is 11.7 Å². The van der Waals surface area contributed by atoms with E-state index < -0.39 is 0 Å². The average Bonchev–Trinajstić information content (AvgIpc) is 3.10. The van der Waals surface area contributed by atoms with Crippen molar-refractivity contribution < 1.29 is 4.79 Å². The number of nitrogens with two attached hydrogens (primary N) is 1. The molecule has 4 heteroatoms. The van der Waals surface area contributed by atoms with Gasteiger partial charge in [0, 0.05) is 19.1 Å². The Bertz CT molecular complexity index is 251. The van der Waals surface area contributed by atoms with Crippen LogP contribution in [0.5, 0.6) is 0 Å². The molecule has 1 unspecified atom stereocenters. The van der Waals surface area contributed by atoms with Crippen LogP contribution in [-0.4, -0.2) is 42.5 Å². The molecule has 1 amide bonds. The van der Waals surface area contributed by atoms with E-state index in [0.29, 0.717) is 5.92 Å².